The van der Waals surface area contributed by atoms with Gasteiger partial charge in [-0.25, -0.2) is 4.98 Å². The van der Waals surface area contributed by atoms with Crippen molar-refractivity contribution in [3.8, 4) is 5.75 Å². The number of amidine groups is 1. The lowest BCUT2D eigenvalue weighted by molar-refractivity contribution is 0.411. The van der Waals surface area contributed by atoms with Gasteiger partial charge in [-0.05, 0) is 24.3 Å². The first-order valence-corrected chi connectivity index (χ1v) is 7.88. The molecule has 0 atom stereocenters. The molecule has 0 saturated heterocycles. The number of nitrogens with one attached hydrogen (secondary N) is 1. The Morgan fingerprint density at radius 3 is 2.70 bits per heavy atom. The fourth-order valence-electron chi connectivity index (χ4n) is 2.66. The highest BCUT2D eigenvalue weighted by molar-refractivity contribution is 7.19. The maximum Gasteiger partial charge on any atom is 0.139 e. The number of nitrogens with zero attached hydrogens (tertiary/aromatic N) is 2. The molecule has 0 fully saturated rings. The van der Waals surface area contributed by atoms with E-state index in [9.17, 15) is 10.2 Å². The molecule has 0 bridgehead atoms. The molecule has 5 nitrogen and oxygen atoms in total. The molecule has 0 radical (unpaired) electrons. The molecule has 1 aliphatic heterocycles. The number of aromatic nitrogens is 1. The zero-order chi connectivity index (χ0) is 16.0. The van der Waals surface area contributed by atoms with Gasteiger partial charge in [0.05, 0.1) is 22.3 Å². The first kappa shape index (κ1) is 13.8. The Morgan fingerprint density at radius 1 is 1.09 bits per heavy atom. The number of aromatic hydroxyl groups is 1. The summed E-state index contributed by atoms with van der Waals surface area (Å²) >= 11 is 1.46. The molecule has 0 amide bonds. The van der Waals surface area contributed by atoms with Crippen molar-refractivity contribution >= 4 is 38.6 Å². The lowest BCUT2D eigenvalue weighted by Gasteiger charge is -2.18. The maximum atomic E-state index is 10.3. The third kappa shape index (κ3) is 2.24. The minimum atomic E-state index is 0.123. The highest BCUT2D eigenvalue weighted by Gasteiger charge is 2.31. The molecule has 0 saturated carbocycles. The number of rotatable bonds is 2. The van der Waals surface area contributed by atoms with E-state index < -0.39 is 0 Å². The Bertz CT molecular complexity index is 928. The van der Waals surface area contributed by atoms with Crippen LogP contribution >= 0.6 is 11.3 Å². The van der Waals surface area contributed by atoms with Crippen molar-refractivity contribution in [2.75, 3.05) is 11.4 Å². The van der Waals surface area contributed by atoms with Gasteiger partial charge in [-0.2, -0.15) is 0 Å². The fourth-order valence-corrected chi connectivity index (χ4v) is 3.70. The Morgan fingerprint density at radius 2 is 1.91 bits per heavy atom. The lowest BCUT2D eigenvalue weighted by Crippen LogP contribution is -2.25. The van der Waals surface area contributed by atoms with Gasteiger partial charge >= 0.3 is 0 Å². The van der Waals surface area contributed by atoms with E-state index in [1.165, 1.54) is 11.3 Å². The Balaban J connectivity index is 1.74. The number of aliphatic hydroxyl groups excluding tert-OH is 1. The summed E-state index contributed by atoms with van der Waals surface area (Å²) in [4.78, 5) is 6.17. The van der Waals surface area contributed by atoms with Crippen LogP contribution in [0.5, 0.6) is 5.75 Å². The first-order chi connectivity index (χ1) is 11.1. The van der Waals surface area contributed by atoms with Crippen LogP contribution in [0, 0.1) is 5.41 Å². The van der Waals surface area contributed by atoms with E-state index in [1.807, 2.05) is 24.3 Å². The smallest absolute Gasteiger partial charge is 0.139 e. The number of benzene rings is 2. The molecular weight excluding hydrogens is 310 g/mol. The molecule has 3 aromatic rings. The van der Waals surface area contributed by atoms with Crippen LogP contribution < -0.4 is 4.90 Å². The number of phenols is 1. The van der Waals surface area contributed by atoms with Crippen LogP contribution in [-0.2, 0) is 0 Å². The van der Waals surface area contributed by atoms with Crippen LogP contribution in [0.15, 0.2) is 54.3 Å². The normalized spacial score (nSPS) is 15.0. The summed E-state index contributed by atoms with van der Waals surface area (Å²) in [6, 6.07) is 14.4. The fraction of sp³-hybridized carbons (Fsp3) is 0.0588. The van der Waals surface area contributed by atoms with Crippen molar-refractivity contribution in [3.05, 3.63) is 59.3 Å². The summed E-state index contributed by atoms with van der Waals surface area (Å²) < 4.78 is 1.02. The Kier molecular flexibility index (Phi) is 3.06. The van der Waals surface area contributed by atoms with Crippen LogP contribution in [0.25, 0.3) is 15.8 Å². The molecule has 114 valence electrons. The van der Waals surface area contributed by atoms with E-state index in [-0.39, 0.29) is 23.9 Å². The highest BCUT2D eigenvalue weighted by atomic mass is 32.1. The van der Waals surface area contributed by atoms with Gasteiger partial charge < -0.3 is 15.1 Å². The van der Waals surface area contributed by atoms with Gasteiger partial charge in [-0.3, -0.25) is 5.41 Å². The molecule has 0 spiro atoms. The molecule has 2 heterocycles. The standard InChI is InChI=1S/C17H13N3O2S/c18-16-15(17-19-12-6-1-2-7-14(12)23-17)13(22)9-20(16)10-4-3-5-11(21)8-10/h1-8,18,21-22H,9H2. The van der Waals surface area contributed by atoms with Gasteiger partial charge in [0.25, 0.3) is 0 Å². The SMILES string of the molecule is N=C1C(c2nc3ccccc3s2)=C(O)CN1c1cccc(O)c1. The van der Waals surface area contributed by atoms with Crippen LogP contribution in [0.2, 0.25) is 0 Å². The summed E-state index contributed by atoms with van der Waals surface area (Å²) in [5.74, 6) is 0.438. The van der Waals surface area contributed by atoms with E-state index in [0.29, 0.717) is 16.3 Å². The molecule has 6 heteroatoms. The molecule has 4 rings (SSSR count). The topological polar surface area (TPSA) is 80.4 Å². The summed E-state index contributed by atoms with van der Waals surface area (Å²) in [7, 11) is 0. The van der Waals surface area contributed by atoms with Crippen molar-refractivity contribution in [1.29, 1.82) is 5.41 Å². The van der Waals surface area contributed by atoms with Gasteiger partial charge in [-0.15, -0.1) is 11.3 Å². The predicted octanol–water partition coefficient (Wildman–Crippen LogP) is 3.77. The van der Waals surface area contributed by atoms with E-state index in [2.05, 4.69) is 4.98 Å². The summed E-state index contributed by atoms with van der Waals surface area (Å²) in [6.45, 7) is 0.202. The monoisotopic (exact) mass is 323 g/mol. The van der Waals surface area contributed by atoms with E-state index in [0.717, 1.165) is 10.2 Å². The molecule has 23 heavy (non-hydrogen) atoms. The number of fused-ring (bicyclic) bond motifs is 1. The number of thiazole rings is 1. The Hall–Kier alpha value is -2.86. The minimum Gasteiger partial charge on any atom is -0.510 e. The molecule has 2 aromatic carbocycles. The first-order valence-electron chi connectivity index (χ1n) is 7.07. The van der Waals surface area contributed by atoms with Crippen molar-refractivity contribution in [1.82, 2.24) is 4.98 Å². The second-order valence-electron chi connectivity index (χ2n) is 5.26. The summed E-state index contributed by atoms with van der Waals surface area (Å²) in [6.07, 6.45) is 0. The largest absolute Gasteiger partial charge is 0.510 e. The predicted molar refractivity (Wildman–Crippen MR) is 92.3 cm³/mol. The average Bonchev–Trinajstić information content (AvgIpc) is 3.07. The second-order valence-corrected chi connectivity index (χ2v) is 6.29. The van der Waals surface area contributed by atoms with Gasteiger partial charge in [0.2, 0.25) is 0 Å². The molecular formula is C17H13N3O2S. The minimum absolute atomic E-state index is 0.123. The van der Waals surface area contributed by atoms with E-state index in [4.69, 9.17) is 5.41 Å². The molecule has 0 aliphatic carbocycles. The van der Waals surface area contributed by atoms with Crippen LogP contribution in [0.3, 0.4) is 0 Å². The van der Waals surface area contributed by atoms with E-state index in [1.54, 1.807) is 29.2 Å². The number of para-hydroxylation sites is 1. The Labute approximate surface area is 136 Å². The van der Waals surface area contributed by atoms with Crippen molar-refractivity contribution in [3.63, 3.8) is 0 Å². The zero-order valence-electron chi connectivity index (χ0n) is 12.0. The van der Waals surface area contributed by atoms with Crippen LogP contribution in [0.1, 0.15) is 5.01 Å². The average molecular weight is 323 g/mol. The van der Waals surface area contributed by atoms with Crippen molar-refractivity contribution in [2.24, 2.45) is 0 Å². The number of aliphatic hydroxyl groups is 1. The second kappa shape index (κ2) is 5.10. The molecule has 0 unspecified atom stereocenters. The van der Waals surface area contributed by atoms with Crippen molar-refractivity contribution in [2.45, 2.75) is 0 Å². The van der Waals surface area contributed by atoms with Crippen LogP contribution in [0.4, 0.5) is 5.69 Å². The third-order valence-electron chi connectivity index (χ3n) is 3.75. The summed E-state index contributed by atoms with van der Waals surface area (Å²) in [5, 5.41) is 29.0. The molecule has 1 aromatic heterocycles. The highest BCUT2D eigenvalue weighted by Crippen LogP contribution is 2.35. The number of phenolic OH excluding ortho intramolecular Hbond substituents is 1. The van der Waals surface area contributed by atoms with Crippen LogP contribution in [-0.4, -0.2) is 27.6 Å². The molecule has 1 aliphatic rings. The van der Waals surface area contributed by atoms with Gasteiger partial charge in [0, 0.05) is 11.8 Å². The quantitative estimate of drug-likeness (QED) is 0.670. The molecule has 3 N–H and O–H groups in total. The number of anilines is 1. The number of hydrogen-bond donors (Lipinski definition) is 3. The number of hydrogen-bond acceptors (Lipinski definition) is 5. The maximum absolute atomic E-state index is 10.3. The summed E-state index contributed by atoms with van der Waals surface area (Å²) in [5.41, 5.74) is 1.98. The lowest BCUT2D eigenvalue weighted by atomic mass is 10.2. The van der Waals surface area contributed by atoms with Gasteiger partial charge in [-0.1, -0.05) is 18.2 Å². The van der Waals surface area contributed by atoms with Crippen molar-refractivity contribution < 1.29 is 10.2 Å². The van der Waals surface area contributed by atoms with Gasteiger partial charge in [0.15, 0.2) is 0 Å². The zero-order valence-corrected chi connectivity index (χ0v) is 12.8. The van der Waals surface area contributed by atoms with Gasteiger partial charge in [0.1, 0.15) is 22.4 Å². The third-order valence-corrected chi connectivity index (χ3v) is 4.81. The van der Waals surface area contributed by atoms with E-state index >= 15 is 0 Å².